The minimum absolute atomic E-state index is 0.173. The van der Waals surface area contributed by atoms with E-state index >= 15 is 0 Å². The molecular formula is C64H123O11P. The average molecular weight is 1100 g/mol. The monoisotopic (exact) mass is 1100 g/mol. The number of ether oxygens (including phenoxy) is 3. The Balaban J connectivity index is 4.64. The van der Waals surface area contributed by atoms with Crippen LogP contribution in [0.2, 0.25) is 0 Å². The van der Waals surface area contributed by atoms with Crippen LogP contribution in [0.1, 0.15) is 342 Å². The van der Waals surface area contributed by atoms with E-state index in [0.29, 0.717) is 19.3 Å². The van der Waals surface area contributed by atoms with Gasteiger partial charge in [0.25, 0.3) is 0 Å². The van der Waals surface area contributed by atoms with Gasteiger partial charge in [0.2, 0.25) is 0 Å². The van der Waals surface area contributed by atoms with Crippen LogP contribution in [0.5, 0.6) is 0 Å². The molecule has 0 heterocycles. The molecule has 0 rings (SSSR count). The van der Waals surface area contributed by atoms with Gasteiger partial charge >= 0.3 is 25.7 Å². The summed E-state index contributed by atoms with van der Waals surface area (Å²) < 4.78 is 39.7. The lowest BCUT2D eigenvalue weighted by Gasteiger charge is -2.21. The van der Waals surface area contributed by atoms with Gasteiger partial charge in [-0.25, -0.2) is 4.57 Å². The standard InChI is InChI=1S/C64H123O11P/c1-4-7-10-13-16-19-22-25-28-30-33-35-38-41-44-47-50-53-62(66)71-57-61(75-64(68)55-52-49-46-43-40-37-34-31-29-26-23-20-17-14-11-8-5-2)59-73-76(69,70)72-58-60(56-65)74-63(67)54-51-48-45-42-39-36-32-27-24-21-18-15-12-9-6-3/h27,32,60-61,65H,4-26,28-31,33-59H2,1-3H3,(H,69,70)/b32-27-. The van der Waals surface area contributed by atoms with Gasteiger partial charge in [0, 0.05) is 19.3 Å². The number of phosphoric ester groups is 1. The van der Waals surface area contributed by atoms with Gasteiger partial charge < -0.3 is 24.2 Å². The van der Waals surface area contributed by atoms with Crippen LogP contribution >= 0.6 is 7.82 Å². The van der Waals surface area contributed by atoms with E-state index in [1.807, 2.05) is 0 Å². The topological polar surface area (TPSA) is 155 Å². The quantitative estimate of drug-likeness (QED) is 0.0197. The minimum Gasteiger partial charge on any atom is -0.462 e. The van der Waals surface area contributed by atoms with Gasteiger partial charge in [-0.2, -0.15) is 0 Å². The van der Waals surface area contributed by atoms with Crippen molar-refractivity contribution in [1.29, 1.82) is 0 Å². The summed E-state index contributed by atoms with van der Waals surface area (Å²) in [6.45, 7) is 4.73. The molecule has 0 saturated heterocycles. The number of unbranched alkanes of at least 4 members (excludes halogenated alkanes) is 43. The van der Waals surface area contributed by atoms with Gasteiger partial charge in [-0.1, -0.05) is 290 Å². The molecule has 0 amide bonds. The van der Waals surface area contributed by atoms with Crippen molar-refractivity contribution in [3.8, 4) is 0 Å². The maximum absolute atomic E-state index is 12.9. The molecule has 0 saturated carbocycles. The Kier molecular flexibility index (Phi) is 58.0. The molecule has 11 nitrogen and oxygen atoms in total. The zero-order chi connectivity index (χ0) is 55.5. The van der Waals surface area contributed by atoms with Gasteiger partial charge in [0.1, 0.15) is 12.7 Å². The van der Waals surface area contributed by atoms with Crippen LogP contribution in [0.4, 0.5) is 0 Å². The van der Waals surface area contributed by atoms with Crippen molar-refractivity contribution in [2.24, 2.45) is 0 Å². The van der Waals surface area contributed by atoms with E-state index in [0.717, 1.165) is 77.0 Å². The molecule has 12 heteroatoms. The molecule has 3 unspecified atom stereocenters. The third kappa shape index (κ3) is 56.9. The summed E-state index contributed by atoms with van der Waals surface area (Å²) in [7, 11) is -4.74. The molecular weight excluding hydrogens is 976 g/mol. The molecule has 0 bridgehead atoms. The lowest BCUT2D eigenvalue weighted by molar-refractivity contribution is -0.161. The molecule has 2 N–H and O–H groups in total. The SMILES string of the molecule is CCCCCCCC/C=C\CCCCCCCC(=O)OC(CO)COP(=O)(O)OCC(COC(=O)CCCCCCCCCCCCCCCCCCC)OC(=O)CCCCCCCCCCCCCCCCCCC. The fourth-order valence-corrected chi connectivity index (χ4v) is 10.5. The predicted octanol–water partition coefficient (Wildman–Crippen LogP) is 19.6. The zero-order valence-corrected chi connectivity index (χ0v) is 50.9. The molecule has 0 radical (unpaired) electrons. The van der Waals surface area contributed by atoms with E-state index in [2.05, 4.69) is 32.9 Å². The van der Waals surface area contributed by atoms with Crippen molar-refractivity contribution in [2.45, 2.75) is 354 Å². The van der Waals surface area contributed by atoms with Crippen molar-refractivity contribution >= 4 is 25.7 Å². The molecule has 3 atom stereocenters. The zero-order valence-electron chi connectivity index (χ0n) is 50.0. The van der Waals surface area contributed by atoms with Gasteiger partial charge in [-0.3, -0.25) is 23.4 Å². The summed E-state index contributed by atoms with van der Waals surface area (Å²) in [4.78, 5) is 48.7. The van der Waals surface area contributed by atoms with E-state index in [9.17, 15) is 28.9 Å². The number of allylic oxidation sites excluding steroid dienone is 2. The highest BCUT2D eigenvalue weighted by molar-refractivity contribution is 7.47. The summed E-state index contributed by atoms with van der Waals surface area (Å²) in [6.07, 6.45) is 60.2. The molecule has 450 valence electrons. The lowest BCUT2D eigenvalue weighted by atomic mass is 10.0. The first kappa shape index (κ1) is 74.2. The smallest absolute Gasteiger partial charge is 0.462 e. The maximum Gasteiger partial charge on any atom is 0.472 e. The maximum atomic E-state index is 12.9. The number of hydrogen-bond acceptors (Lipinski definition) is 10. The second kappa shape index (κ2) is 59.3. The Morgan fingerprint density at radius 3 is 0.908 bits per heavy atom. The van der Waals surface area contributed by atoms with Crippen LogP contribution in [0, 0.1) is 0 Å². The van der Waals surface area contributed by atoms with Crippen molar-refractivity contribution < 1.29 is 52.2 Å². The van der Waals surface area contributed by atoms with Gasteiger partial charge in [-0.15, -0.1) is 0 Å². The van der Waals surface area contributed by atoms with Crippen molar-refractivity contribution in [3.63, 3.8) is 0 Å². The van der Waals surface area contributed by atoms with Crippen LogP contribution in [-0.4, -0.2) is 66.5 Å². The fourth-order valence-electron chi connectivity index (χ4n) is 9.71. The summed E-state index contributed by atoms with van der Waals surface area (Å²) in [5, 5.41) is 9.84. The Morgan fingerprint density at radius 1 is 0.355 bits per heavy atom. The van der Waals surface area contributed by atoms with Crippen LogP contribution in [0.15, 0.2) is 12.2 Å². The van der Waals surface area contributed by atoms with Gasteiger partial charge in [0.05, 0.1) is 19.8 Å². The van der Waals surface area contributed by atoms with Crippen molar-refractivity contribution in [1.82, 2.24) is 0 Å². The Bertz CT molecular complexity index is 1330. The lowest BCUT2D eigenvalue weighted by Crippen LogP contribution is -2.30. The van der Waals surface area contributed by atoms with Gasteiger partial charge in [-0.05, 0) is 44.9 Å². The summed E-state index contributed by atoms with van der Waals surface area (Å²) >= 11 is 0. The second-order valence-electron chi connectivity index (χ2n) is 22.3. The molecule has 0 aromatic carbocycles. The first-order chi connectivity index (χ1) is 37.2. The largest absolute Gasteiger partial charge is 0.472 e. The first-order valence-electron chi connectivity index (χ1n) is 32.6. The molecule has 0 aliphatic carbocycles. The number of esters is 3. The Hall–Kier alpha value is -1.78. The molecule has 76 heavy (non-hydrogen) atoms. The first-order valence-corrected chi connectivity index (χ1v) is 34.1. The van der Waals surface area contributed by atoms with E-state index in [1.165, 1.54) is 205 Å². The average Bonchev–Trinajstić information content (AvgIpc) is 3.41. The highest BCUT2D eigenvalue weighted by atomic mass is 31.2. The van der Waals surface area contributed by atoms with Crippen LogP contribution < -0.4 is 0 Å². The van der Waals surface area contributed by atoms with Crippen LogP contribution in [0.3, 0.4) is 0 Å². The molecule has 0 aromatic heterocycles. The Labute approximate surface area is 468 Å². The normalized spacial score (nSPS) is 13.3. The molecule has 0 aliphatic rings. The highest BCUT2D eigenvalue weighted by Gasteiger charge is 2.28. The number of phosphoric acid groups is 1. The van der Waals surface area contributed by atoms with E-state index < -0.39 is 57.8 Å². The minimum atomic E-state index is -4.74. The second-order valence-corrected chi connectivity index (χ2v) is 23.8. The van der Waals surface area contributed by atoms with Gasteiger partial charge in [0.15, 0.2) is 6.10 Å². The number of aliphatic hydroxyl groups excluding tert-OH is 1. The highest BCUT2D eigenvalue weighted by Crippen LogP contribution is 2.43. The molecule has 0 spiro atoms. The number of rotatable bonds is 62. The van der Waals surface area contributed by atoms with E-state index in [1.54, 1.807) is 0 Å². The van der Waals surface area contributed by atoms with Crippen molar-refractivity contribution in [2.75, 3.05) is 26.4 Å². The number of hydrogen-bond donors (Lipinski definition) is 2. The Morgan fingerprint density at radius 2 is 0.605 bits per heavy atom. The van der Waals surface area contributed by atoms with Crippen LogP contribution in [-0.2, 0) is 42.2 Å². The fraction of sp³-hybridized carbons (Fsp3) is 0.922. The predicted molar refractivity (Wildman–Crippen MR) is 317 cm³/mol. The molecule has 0 aliphatic heterocycles. The summed E-state index contributed by atoms with van der Waals surface area (Å²) in [5.74, 6) is -1.43. The summed E-state index contributed by atoms with van der Waals surface area (Å²) in [5.41, 5.74) is 0. The molecule has 0 fully saturated rings. The van der Waals surface area contributed by atoms with Crippen molar-refractivity contribution in [3.05, 3.63) is 12.2 Å². The molecule has 0 aromatic rings. The number of aliphatic hydroxyl groups is 1. The van der Waals surface area contributed by atoms with E-state index in [-0.39, 0.29) is 25.9 Å². The number of carbonyl (C=O) groups is 3. The third-order valence-electron chi connectivity index (χ3n) is 14.7. The number of carbonyl (C=O) groups excluding carboxylic acids is 3. The van der Waals surface area contributed by atoms with Crippen LogP contribution in [0.25, 0.3) is 0 Å². The third-order valence-corrected chi connectivity index (χ3v) is 15.6. The summed E-state index contributed by atoms with van der Waals surface area (Å²) in [6, 6.07) is 0. The van der Waals surface area contributed by atoms with E-state index in [4.69, 9.17) is 23.3 Å².